The van der Waals surface area contributed by atoms with Crippen molar-refractivity contribution in [1.29, 1.82) is 0 Å². The van der Waals surface area contributed by atoms with Crippen LogP contribution in [0.5, 0.6) is 0 Å². The molecular formula is C11H20O4. The number of carbonyl (C=O) groups is 1. The Bertz CT molecular complexity index is 211. The fourth-order valence-electron chi connectivity index (χ4n) is 1.97. The first-order valence-electron chi connectivity index (χ1n) is 5.48. The van der Waals surface area contributed by atoms with Gasteiger partial charge in [-0.05, 0) is 19.8 Å². The zero-order valence-electron chi connectivity index (χ0n) is 9.49. The first-order chi connectivity index (χ1) is 7.08. The van der Waals surface area contributed by atoms with Crippen LogP contribution in [-0.2, 0) is 14.3 Å². The molecule has 0 amide bonds. The highest BCUT2D eigenvalue weighted by molar-refractivity contribution is 5.77. The van der Waals surface area contributed by atoms with Crippen molar-refractivity contribution in [3.05, 3.63) is 0 Å². The predicted molar refractivity (Wildman–Crippen MR) is 55.9 cm³/mol. The summed E-state index contributed by atoms with van der Waals surface area (Å²) in [5.74, 6) is -0.949. The summed E-state index contributed by atoms with van der Waals surface area (Å²) in [5, 5.41) is 9.09. The average molecular weight is 216 g/mol. The second-order valence-electron chi connectivity index (χ2n) is 4.35. The van der Waals surface area contributed by atoms with E-state index in [0.29, 0.717) is 0 Å². The molecule has 0 spiro atoms. The van der Waals surface area contributed by atoms with Crippen molar-refractivity contribution < 1.29 is 19.4 Å². The zero-order chi connectivity index (χ0) is 11.3. The normalized spacial score (nSPS) is 22.3. The standard InChI is InChI=1S/C11H20O4/c1-11(8-14-2,10(12)13)15-9-6-4-3-5-7-9/h9H,3-8H2,1-2H3,(H,12,13). The third-order valence-electron chi connectivity index (χ3n) is 2.85. The predicted octanol–water partition coefficient (Wildman–Crippen LogP) is 1.83. The van der Waals surface area contributed by atoms with E-state index in [0.717, 1.165) is 25.7 Å². The summed E-state index contributed by atoms with van der Waals surface area (Å²) in [5.41, 5.74) is -1.20. The second-order valence-corrected chi connectivity index (χ2v) is 4.35. The zero-order valence-corrected chi connectivity index (χ0v) is 9.49. The fraction of sp³-hybridized carbons (Fsp3) is 0.909. The van der Waals surface area contributed by atoms with Gasteiger partial charge in [0.1, 0.15) is 0 Å². The lowest BCUT2D eigenvalue weighted by Crippen LogP contribution is -2.45. The summed E-state index contributed by atoms with van der Waals surface area (Å²) >= 11 is 0. The number of aliphatic carboxylic acids is 1. The van der Waals surface area contributed by atoms with E-state index >= 15 is 0 Å². The van der Waals surface area contributed by atoms with Crippen LogP contribution in [0.25, 0.3) is 0 Å². The molecule has 1 aliphatic rings. The maximum atomic E-state index is 11.1. The van der Waals surface area contributed by atoms with Gasteiger partial charge in [0.15, 0.2) is 5.60 Å². The van der Waals surface area contributed by atoms with Gasteiger partial charge in [-0.25, -0.2) is 4.79 Å². The highest BCUT2D eigenvalue weighted by Crippen LogP contribution is 2.25. The number of hydrogen-bond acceptors (Lipinski definition) is 3. The molecule has 4 nitrogen and oxygen atoms in total. The van der Waals surface area contributed by atoms with Crippen molar-refractivity contribution in [1.82, 2.24) is 0 Å². The fourth-order valence-corrected chi connectivity index (χ4v) is 1.97. The molecule has 1 rings (SSSR count). The molecule has 88 valence electrons. The van der Waals surface area contributed by atoms with Crippen molar-refractivity contribution in [3.8, 4) is 0 Å². The van der Waals surface area contributed by atoms with Gasteiger partial charge in [-0.2, -0.15) is 0 Å². The van der Waals surface area contributed by atoms with E-state index in [1.165, 1.54) is 13.5 Å². The van der Waals surface area contributed by atoms with E-state index in [-0.39, 0.29) is 12.7 Å². The Balaban J connectivity index is 2.52. The summed E-state index contributed by atoms with van der Waals surface area (Å²) in [6.07, 6.45) is 5.50. The summed E-state index contributed by atoms with van der Waals surface area (Å²) in [7, 11) is 1.49. The van der Waals surface area contributed by atoms with Crippen molar-refractivity contribution >= 4 is 5.97 Å². The molecule has 1 unspecified atom stereocenters. The lowest BCUT2D eigenvalue weighted by Gasteiger charge is -2.31. The largest absolute Gasteiger partial charge is 0.479 e. The highest BCUT2D eigenvalue weighted by Gasteiger charge is 2.37. The topological polar surface area (TPSA) is 55.8 Å². The molecule has 0 saturated heterocycles. The molecule has 1 saturated carbocycles. The third kappa shape index (κ3) is 3.47. The molecule has 0 aromatic carbocycles. The Hall–Kier alpha value is -0.610. The Labute approximate surface area is 90.6 Å². The molecule has 0 heterocycles. The lowest BCUT2D eigenvalue weighted by atomic mass is 9.96. The molecule has 0 aromatic heterocycles. The molecule has 15 heavy (non-hydrogen) atoms. The molecule has 1 aliphatic carbocycles. The molecule has 0 radical (unpaired) electrons. The Morgan fingerprint density at radius 1 is 1.40 bits per heavy atom. The van der Waals surface area contributed by atoms with E-state index in [4.69, 9.17) is 14.6 Å². The van der Waals surface area contributed by atoms with Crippen molar-refractivity contribution in [2.24, 2.45) is 0 Å². The monoisotopic (exact) mass is 216 g/mol. The molecule has 0 aliphatic heterocycles. The van der Waals surface area contributed by atoms with Crippen LogP contribution in [0.3, 0.4) is 0 Å². The Kier molecular flexibility index (Phi) is 4.54. The van der Waals surface area contributed by atoms with Crippen LogP contribution in [-0.4, -0.2) is 36.5 Å². The second kappa shape index (κ2) is 5.47. The van der Waals surface area contributed by atoms with Crippen LogP contribution >= 0.6 is 0 Å². The van der Waals surface area contributed by atoms with E-state index in [2.05, 4.69) is 0 Å². The Morgan fingerprint density at radius 2 is 2.00 bits per heavy atom. The van der Waals surface area contributed by atoms with Crippen molar-refractivity contribution in [2.45, 2.75) is 50.7 Å². The summed E-state index contributed by atoms with van der Waals surface area (Å²) in [4.78, 5) is 11.1. The molecule has 1 fully saturated rings. The van der Waals surface area contributed by atoms with Crippen LogP contribution in [0.2, 0.25) is 0 Å². The minimum Gasteiger partial charge on any atom is -0.479 e. The van der Waals surface area contributed by atoms with Crippen LogP contribution in [0.4, 0.5) is 0 Å². The summed E-state index contributed by atoms with van der Waals surface area (Å²) < 4.78 is 10.6. The minimum absolute atomic E-state index is 0.0787. The molecule has 0 aromatic rings. The number of carboxylic acid groups (broad SMARTS) is 1. The van der Waals surface area contributed by atoms with E-state index in [9.17, 15) is 4.79 Å². The third-order valence-corrected chi connectivity index (χ3v) is 2.85. The van der Waals surface area contributed by atoms with Gasteiger partial charge < -0.3 is 14.6 Å². The molecular weight excluding hydrogens is 196 g/mol. The number of ether oxygens (including phenoxy) is 2. The molecule has 0 bridgehead atoms. The van der Waals surface area contributed by atoms with Crippen LogP contribution < -0.4 is 0 Å². The van der Waals surface area contributed by atoms with Gasteiger partial charge in [0.2, 0.25) is 0 Å². The van der Waals surface area contributed by atoms with Gasteiger partial charge in [-0.3, -0.25) is 0 Å². The van der Waals surface area contributed by atoms with Gasteiger partial charge in [0.05, 0.1) is 12.7 Å². The average Bonchev–Trinajstić information content (AvgIpc) is 2.19. The van der Waals surface area contributed by atoms with Gasteiger partial charge in [0, 0.05) is 7.11 Å². The first-order valence-corrected chi connectivity index (χ1v) is 5.48. The summed E-state index contributed by atoms with van der Waals surface area (Å²) in [6, 6.07) is 0. The van der Waals surface area contributed by atoms with Crippen LogP contribution in [0.1, 0.15) is 39.0 Å². The first kappa shape index (κ1) is 12.5. The lowest BCUT2D eigenvalue weighted by molar-refractivity contribution is -0.181. The van der Waals surface area contributed by atoms with Crippen LogP contribution in [0.15, 0.2) is 0 Å². The molecule has 1 atom stereocenters. The quantitative estimate of drug-likeness (QED) is 0.761. The van der Waals surface area contributed by atoms with Gasteiger partial charge in [-0.1, -0.05) is 19.3 Å². The minimum atomic E-state index is -1.20. The van der Waals surface area contributed by atoms with Crippen molar-refractivity contribution in [3.63, 3.8) is 0 Å². The number of hydrogen-bond donors (Lipinski definition) is 1. The van der Waals surface area contributed by atoms with Crippen LogP contribution in [0, 0.1) is 0 Å². The maximum absolute atomic E-state index is 11.1. The maximum Gasteiger partial charge on any atom is 0.338 e. The van der Waals surface area contributed by atoms with E-state index in [1.807, 2.05) is 0 Å². The molecule has 1 N–H and O–H groups in total. The number of methoxy groups -OCH3 is 1. The van der Waals surface area contributed by atoms with Crippen molar-refractivity contribution in [2.75, 3.05) is 13.7 Å². The highest BCUT2D eigenvalue weighted by atomic mass is 16.6. The number of rotatable bonds is 5. The summed E-state index contributed by atoms with van der Waals surface area (Å²) in [6.45, 7) is 1.67. The number of carboxylic acids is 1. The Morgan fingerprint density at radius 3 is 2.47 bits per heavy atom. The van der Waals surface area contributed by atoms with E-state index in [1.54, 1.807) is 6.92 Å². The van der Waals surface area contributed by atoms with E-state index < -0.39 is 11.6 Å². The van der Waals surface area contributed by atoms with Gasteiger partial charge >= 0.3 is 5.97 Å². The van der Waals surface area contributed by atoms with Gasteiger partial charge in [-0.15, -0.1) is 0 Å². The van der Waals surface area contributed by atoms with Gasteiger partial charge in [0.25, 0.3) is 0 Å². The molecule has 4 heteroatoms. The SMILES string of the molecule is COCC(C)(OC1CCCCC1)C(=O)O. The smallest absolute Gasteiger partial charge is 0.338 e.